The number of nitriles is 2. The highest BCUT2D eigenvalue weighted by Gasteiger charge is 2.07. The maximum absolute atomic E-state index is 8.77. The lowest BCUT2D eigenvalue weighted by Gasteiger charge is -1.96. The van der Waals surface area contributed by atoms with Crippen molar-refractivity contribution in [3.8, 4) is 12.1 Å². The number of nitrogens with zero attached hydrogens (tertiary/aromatic N) is 4. The predicted molar refractivity (Wildman–Crippen MR) is 54.7 cm³/mol. The SMILES string of the molecule is N#Cc1ncn(C/C=C/CS)c1C#N. The normalized spacial score (nSPS) is 9.93. The Bertz CT molecular complexity index is 419. The van der Waals surface area contributed by atoms with Gasteiger partial charge < -0.3 is 4.57 Å². The van der Waals surface area contributed by atoms with Crippen LogP contribution in [0.1, 0.15) is 11.4 Å². The lowest BCUT2D eigenvalue weighted by Crippen LogP contribution is -1.97. The number of imidazole rings is 1. The minimum Gasteiger partial charge on any atom is -0.317 e. The van der Waals surface area contributed by atoms with Gasteiger partial charge in [0.25, 0.3) is 0 Å². The molecule has 0 unspecified atom stereocenters. The molecule has 0 aromatic carbocycles. The zero-order valence-electron chi connectivity index (χ0n) is 7.38. The third-order valence-electron chi connectivity index (χ3n) is 1.62. The molecule has 0 saturated carbocycles. The zero-order chi connectivity index (χ0) is 10.4. The molecule has 1 heterocycles. The van der Waals surface area contributed by atoms with Crippen LogP contribution in [-0.4, -0.2) is 15.3 Å². The van der Waals surface area contributed by atoms with E-state index in [1.165, 1.54) is 6.33 Å². The van der Waals surface area contributed by atoms with Crippen LogP contribution in [0.15, 0.2) is 18.5 Å². The van der Waals surface area contributed by atoms with Crippen molar-refractivity contribution in [1.29, 1.82) is 10.5 Å². The highest BCUT2D eigenvalue weighted by molar-refractivity contribution is 7.80. The Labute approximate surface area is 87.5 Å². The molecule has 4 nitrogen and oxygen atoms in total. The van der Waals surface area contributed by atoms with Gasteiger partial charge in [0.05, 0.1) is 6.33 Å². The van der Waals surface area contributed by atoms with Crippen molar-refractivity contribution >= 4 is 12.6 Å². The molecule has 70 valence electrons. The summed E-state index contributed by atoms with van der Waals surface area (Å²) in [6.07, 6.45) is 5.23. The highest BCUT2D eigenvalue weighted by atomic mass is 32.1. The number of hydrogen-bond acceptors (Lipinski definition) is 4. The molecule has 0 amide bonds. The van der Waals surface area contributed by atoms with Crippen molar-refractivity contribution in [2.45, 2.75) is 6.54 Å². The molecule has 0 aliphatic heterocycles. The first-order chi connectivity index (χ1) is 6.83. The Morgan fingerprint density at radius 2 is 2.21 bits per heavy atom. The van der Waals surface area contributed by atoms with E-state index in [0.717, 1.165) is 0 Å². The van der Waals surface area contributed by atoms with Gasteiger partial charge >= 0.3 is 0 Å². The summed E-state index contributed by atoms with van der Waals surface area (Å²) >= 11 is 4.01. The first-order valence-corrected chi connectivity index (χ1v) is 4.58. The van der Waals surface area contributed by atoms with Gasteiger partial charge in [-0.3, -0.25) is 0 Å². The van der Waals surface area contributed by atoms with Crippen molar-refractivity contribution in [2.75, 3.05) is 5.75 Å². The number of rotatable bonds is 3. The maximum Gasteiger partial charge on any atom is 0.176 e. The van der Waals surface area contributed by atoms with Crippen LogP contribution in [-0.2, 0) is 6.54 Å². The summed E-state index contributed by atoms with van der Waals surface area (Å²) in [6.45, 7) is 0.540. The van der Waals surface area contributed by atoms with Gasteiger partial charge in [0.1, 0.15) is 12.1 Å². The lowest BCUT2D eigenvalue weighted by atomic mass is 10.3. The topological polar surface area (TPSA) is 65.4 Å². The van der Waals surface area contributed by atoms with Crippen LogP contribution in [0.3, 0.4) is 0 Å². The standard InChI is InChI=1S/C9H8N4S/c10-5-8-9(6-11)13(7-12-8)3-1-2-4-14/h1-2,7,14H,3-4H2/b2-1+. The largest absolute Gasteiger partial charge is 0.317 e. The summed E-state index contributed by atoms with van der Waals surface area (Å²) in [5, 5.41) is 17.4. The number of aromatic nitrogens is 2. The average Bonchev–Trinajstić information content (AvgIpc) is 2.60. The Morgan fingerprint density at radius 3 is 2.79 bits per heavy atom. The first kappa shape index (κ1) is 10.4. The number of allylic oxidation sites excluding steroid dienone is 1. The Hall–Kier alpha value is -1.72. The first-order valence-electron chi connectivity index (χ1n) is 3.94. The van der Waals surface area contributed by atoms with E-state index in [0.29, 0.717) is 18.0 Å². The molecule has 0 aliphatic rings. The van der Waals surface area contributed by atoms with Gasteiger partial charge in [-0.25, -0.2) is 4.98 Å². The second-order valence-electron chi connectivity index (χ2n) is 2.47. The van der Waals surface area contributed by atoms with Crippen LogP contribution < -0.4 is 0 Å². The van der Waals surface area contributed by atoms with Gasteiger partial charge in [0.2, 0.25) is 0 Å². The smallest absolute Gasteiger partial charge is 0.176 e. The summed E-state index contributed by atoms with van der Waals surface area (Å²) in [4.78, 5) is 3.81. The fourth-order valence-corrected chi connectivity index (χ4v) is 1.13. The molecule has 5 heteroatoms. The van der Waals surface area contributed by atoms with Gasteiger partial charge in [-0.1, -0.05) is 12.2 Å². The Balaban J connectivity index is 2.90. The molecule has 1 rings (SSSR count). The molecular formula is C9H8N4S. The van der Waals surface area contributed by atoms with E-state index in [1.54, 1.807) is 4.57 Å². The van der Waals surface area contributed by atoms with Gasteiger partial charge in [-0.15, -0.1) is 0 Å². The van der Waals surface area contributed by atoms with E-state index in [4.69, 9.17) is 10.5 Å². The number of thiol groups is 1. The van der Waals surface area contributed by atoms with E-state index in [2.05, 4.69) is 17.6 Å². The van der Waals surface area contributed by atoms with Crippen molar-refractivity contribution in [1.82, 2.24) is 9.55 Å². The molecule has 0 N–H and O–H groups in total. The highest BCUT2D eigenvalue weighted by Crippen LogP contribution is 2.04. The molecule has 1 aromatic rings. The summed E-state index contributed by atoms with van der Waals surface area (Å²) in [5.74, 6) is 0.654. The monoisotopic (exact) mass is 204 g/mol. The minimum atomic E-state index is 0.173. The Kier molecular flexibility index (Phi) is 3.78. The molecule has 0 atom stereocenters. The van der Waals surface area contributed by atoms with Crippen LogP contribution in [0.2, 0.25) is 0 Å². The second-order valence-corrected chi connectivity index (χ2v) is 2.84. The lowest BCUT2D eigenvalue weighted by molar-refractivity contribution is 0.806. The van der Waals surface area contributed by atoms with Gasteiger partial charge in [-0.2, -0.15) is 23.2 Å². The van der Waals surface area contributed by atoms with Crippen molar-refractivity contribution in [3.05, 3.63) is 29.9 Å². The quantitative estimate of drug-likeness (QED) is 0.592. The van der Waals surface area contributed by atoms with Crippen molar-refractivity contribution in [3.63, 3.8) is 0 Å². The summed E-state index contributed by atoms with van der Waals surface area (Å²) < 4.78 is 1.62. The van der Waals surface area contributed by atoms with Crippen LogP contribution in [0, 0.1) is 22.7 Å². The van der Waals surface area contributed by atoms with Gasteiger partial charge in [-0.05, 0) is 0 Å². The summed E-state index contributed by atoms with van der Waals surface area (Å²) in [7, 11) is 0. The fourth-order valence-electron chi connectivity index (χ4n) is 0.982. The van der Waals surface area contributed by atoms with E-state index >= 15 is 0 Å². The van der Waals surface area contributed by atoms with Crippen LogP contribution >= 0.6 is 12.6 Å². The third kappa shape index (κ3) is 2.15. The molecular weight excluding hydrogens is 196 g/mol. The van der Waals surface area contributed by atoms with Gasteiger partial charge in [0.15, 0.2) is 11.4 Å². The molecule has 14 heavy (non-hydrogen) atoms. The molecule has 0 spiro atoms. The molecule has 0 fully saturated rings. The van der Waals surface area contributed by atoms with E-state index in [-0.39, 0.29) is 5.69 Å². The summed E-state index contributed by atoms with van der Waals surface area (Å²) in [6, 6.07) is 3.81. The third-order valence-corrected chi connectivity index (χ3v) is 1.83. The summed E-state index contributed by atoms with van der Waals surface area (Å²) in [5.41, 5.74) is 0.475. The number of hydrogen-bond donors (Lipinski definition) is 1. The molecule has 1 aromatic heterocycles. The second kappa shape index (κ2) is 5.11. The molecule has 0 saturated heterocycles. The minimum absolute atomic E-state index is 0.173. The zero-order valence-corrected chi connectivity index (χ0v) is 8.28. The Morgan fingerprint density at radius 1 is 1.43 bits per heavy atom. The van der Waals surface area contributed by atoms with Crippen LogP contribution in [0.25, 0.3) is 0 Å². The van der Waals surface area contributed by atoms with Crippen LogP contribution in [0.5, 0.6) is 0 Å². The molecule has 0 bridgehead atoms. The van der Waals surface area contributed by atoms with Crippen molar-refractivity contribution < 1.29 is 0 Å². The van der Waals surface area contributed by atoms with E-state index in [1.807, 2.05) is 24.3 Å². The van der Waals surface area contributed by atoms with E-state index in [9.17, 15) is 0 Å². The predicted octanol–water partition coefficient (Wildman–Crippen LogP) is 1.11. The maximum atomic E-state index is 8.77. The van der Waals surface area contributed by atoms with Crippen molar-refractivity contribution in [2.24, 2.45) is 0 Å². The van der Waals surface area contributed by atoms with Gasteiger partial charge in [0, 0.05) is 12.3 Å². The fraction of sp³-hybridized carbons (Fsp3) is 0.222. The molecule has 0 radical (unpaired) electrons. The van der Waals surface area contributed by atoms with E-state index < -0.39 is 0 Å². The van der Waals surface area contributed by atoms with Crippen LogP contribution in [0.4, 0.5) is 0 Å². The molecule has 0 aliphatic carbocycles. The average molecular weight is 204 g/mol.